The maximum atomic E-state index is 9.76. The summed E-state index contributed by atoms with van der Waals surface area (Å²) in [6.45, 7) is 0.740. The third-order valence-corrected chi connectivity index (χ3v) is 3.88. The fourth-order valence-corrected chi connectivity index (χ4v) is 3.25. The van der Waals surface area contributed by atoms with Gasteiger partial charge >= 0.3 is 0 Å². The Bertz CT molecular complexity index is 327. The van der Waals surface area contributed by atoms with Crippen LogP contribution < -0.4 is 5.73 Å². The Hall–Kier alpha value is -0.670. The van der Waals surface area contributed by atoms with Gasteiger partial charge in [0.25, 0.3) is 0 Å². The molecule has 2 nitrogen and oxygen atoms in total. The van der Waals surface area contributed by atoms with Crippen molar-refractivity contribution in [2.24, 2.45) is 5.73 Å². The van der Waals surface area contributed by atoms with Gasteiger partial charge in [-0.3, -0.25) is 0 Å². The maximum absolute atomic E-state index is 9.76. The van der Waals surface area contributed by atoms with Crippen LogP contribution in [0.4, 0.5) is 0 Å². The van der Waals surface area contributed by atoms with E-state index in [0.29, 0.717) is 11.7 Å². The van der Waals surface area contributed by atoms with Crippen LogP contribution in [0.5, 0.6) is 5.75 Å². The molecule has 1 aliphatic heterocycles. The molecule has 0 amide bonds. The highest BCUT2D eigenvalue weighted by molar-refractivity contribution is 7.99. The van der Waals surface area contributed by atoms with Gasteiger partial charge in [0.05, 0.1) is 0 Å². The fraction of sp³-hybridized carbons (Fsp3) is 0.455. The van der Waals surface area contributed by atoms with E-state index in [1.54, 1.807) is 6.07 Å². The summed E-state index contributed by atoms with van der Waals surface area (Å²) in [5, 5.41) is 9.76. The number of fused-ring (bicyclic) bond motifs is 1. The summed E-state index contributed by atoms with van der Waals surface area (Å²) in [5.74, 6) is 2.04. The lowest BCUT2D eigenvalue weighted by Crippen LogP contribution is -2.03. The highest BCUT2D eigenvalue weighted by atomic mass is 32.2. The van der Waals surface area contributed by atoms with Gasteiger partial charge in [-0.1, -0.05) is 6.07 Å². The third-order valence-electron chi connectivity index (χ3n) is 2.65. The van der Waals surface area contributed by atoms with Crippen LogP contribution in [0.1, 0.15) is 24.3 Å². The number of thioether (sulfide) groups is 1. The van der Waals surface area contributed by atoms with Crippen LogP contribution in [-0.4, -0.2) is 17.4 Å². The molecule has 2 rings (SSSR count). The Morgan fingerprint density at radius 1 is 1.50 bits per heavy atom. The molecule has 14 heavy (non-hydrogen) atoms. The second kappa shape index (κ2) is 4.24. The molecule has 1 unspecified atom stereocenters. The molecule has 1 aromatic rings. The van der Waals surface area contributed by atoms with E-state index in [1.807, 2.05) is 17.8 Å². The minimum absolute atomic E-state index is 0.453. The van der Waals surface area contributed by atoms with Crippen molar-refractivity contribution in [2.45, 2.75) is 23.7 Å². The average molecular weight is 209 g/mol. The van der Waals surface area contributed by atoms with Crippen molar-refractivity contribution in [3.8, 4) is 5.75 Å². The zero-order valence-corrected chi connectivity index (χ0v) is 8.89. The lowest BCUT2D eigenvalue weighted by molar-refractivity contribution is 0.458. The largest absolute Gasteiger partial charge is 0.508 e. The molecule has 0 bridgehead atoms. The Balaban J connectivity index is 2.20. The SMILES string of the molecule is NCCCC1CSc2cccc(O)c21. The van der Waals surface area contributed by atoms with Crippen LogP contribution in [0.2, 0.25) is 0 Å². The lowest BCUT2D eigenvalue weighted by Gasteiger charge is -2.10. The van der Waals surface area contributed by atoms with Crippen molar-refractivity contribution < 1.29 is 5.11 Å². The van der Waals surface area contributed by atoms with Crippen molar-refractivity contribution >= 4 is 11.8 Å². The summed E-state index contributed by atoms with van der Waals surface area (Å²) >= 11 is 1.84. The van der Waals surface area contributed by atoms with Gasteiger partial charge in [-0.15, -0.1) is 11.8 Å². The number of benzene rings is 1. The smallest absolute Gasteiger partial charge is 0.120 e. The van der Waals surface area contributed by atoms with Gasteiger partial charge in [0.2, 0.25) is 0 Å². The van der Waals surface area contributed by atoms with E-state index in [-0.39, 0.29) is 0 Å². The van der Waals surface area contributed by atoms with Gasteiger partial charge in [-0.05, 0) is 37.4 Å². The van der Waals surface area contributed by atoms with Gasteiger partial charge in [0, 0.05) is 16.2 Å². The summed E-state index contributed by atoms with van der Waals surface area (Å²) in [5.41, 5.74) is 6.64. The highest BCUT2D eigenvalue weighted by Gasteiger charge is 2.25. The average Bonchev–Trinajstić information content (AvgIpc) is 2.59. The zero-order valence-electron chi connectivity index (χ0n) is 8.07. The molecule has 1 aliphatic rings. The molecule has 0 aliphatic carbocycles. The van der Waals surface area contributed by atoms with E-state index in [1.165, 1.54) is 4.90 Å². The predicted octanol–water partition coefficient (Wildman–Crippen LogP) is 2.32. The van der Waals surface area contributed by atoms with Crippen LogP contribution in [0.15, 0.2) is 23.1 Å². The minimum Gasteiger partial charge on any atom is -0.508 e. The molecule has 0 spiro atoms. The Kier molecular flexibility index (Phi) is 2.99. The van der Waals surface area contributed by atoms with Crippen LogP contribution in [0.25, 0.3) is 0 Å². The fourth-order valence-electron chi connectivity index (χ4n) is 1.93. The summed E-state index contributed by atoms with van der Waals surface area (Å²) in [4.78, 5) is 1.24. The van der Waals surface area contributed by atoms with E-state index in [4.69, 9.17) is 5.73 Å². The number of rotatable bonds is 3. The molecule has 0 saturated carbocycles. The summed E-state index contributed by atoms with van der Waals surface area (Å²) < 4.78 is 0. The quantitative estimate of drug-likeness (QED) is 0.803. The molecule has 3 N–H and O–H groups in total. The molecule has 3 heteroatoms. The monoisotopic (exact) mass is 209 g/mol. The number of hydrogen-bond acceptors (Lipinski definition) is 3. The summed E-state index contributed by atoms with van der Waals surface area (Å²) in [6.07, 6.45) is 2.13. The van der Waals surface area contributed by atoms with E-state index in [0.717, 1.165) is 30.7 Å². The predicted molar refractivity (Wildman–Crippen MR) is 59.9 cm³/mol. The Morgan fingerprint density at radius 3 is 3.14 bits per heavy atom. The molecule has 1 aromatic carbocycles. The molecule has 0 fully saturated rings. The summed E-state index contributed by atoms with van der Waals surface area (Å²) in [7, 11) is 0. The second-order valence-electron chi connectivity index (χ2n) is 3.63. The molecule has 76 valence electrons. The maximum Gasteiger partial charge on any atom is 0.120 e. The first-order valence-electron chi connectivity index (χ1n) is 4.97. The Morgan fingerprint density at radius 2 is 2.36 bits per heavy atom. The number of phenolic OH excluding ortho intramolecular Hbond substituents is 1. The van der Waals surface area contributed by atoms with Crippen molar-refractivity contribution in [3.63, 3.8) is 0 Å². The van der Waals surface area contributed by atoms with E-state index < -0.39 is 0 Å². The molecule has 1 heterocycles. The van der Waals surface area contributed by atoms with E-state index in [2.05, 4.69) is 6.07 Å². The molecule has 1 atom stereocenters. The van der Waals surface area contributed by atoms with Crippen LogP contribution in [-0.2, 0) is 0 Å². The number of aromatic hydroxyl groups is 1. The van der Waals surface area contributed by atoms with Crippen LogP contribution >= 0.6 is 11.8 Å². The minimum atomic E-state index is 0.453. The number of hydrogen-bond donors (Lipinski definition) is 2. The zero-order chi connectivity index (χ0) is 9.97. The van der Waals surface area contributed by atoms with Gasteiger partial charge in [-0.25, -0.2) is 0 Å². The lowest BCUT2D eigenvalue weighted by atomic mass is 9.95. The van der Waals surface area contributed by atoms with Crippen molar-refractivity contribution in [2.75, 3.05) is 12.3 Å². The van der Waals surface area contributed by atoms with Crippen molar-refractivity contribution in [3.05, 3.63) is 23.8 Å². The topological polar surface area (TPSA) is 46.2 Å². The van der Waals surface area contributed by atoms with Gasteiger partial charge in [-0.2, -0.15) is 0 Å². The summed E-state index contributed by atoms with van der Waals surface area (Å²) in [6, 6.07) is 5.77. The Labute approximate surface area is 88.5 Å². The van der Waals surface area contributed by atoms with Crippen molar-refractivity contribution in [1.82, 2.24) is 0 Å². The third kappa shape index (κ3) is 1.74. The van der Waals surface area contributed by atoms with Gasteiger partial charge < -0.3 is 10.8 Å². The van der Waals surface area contributed by atoms with Gasteiger partial charge in [0.15, 0.2) is 0 Å². The number of nitrogens with two attached hydrogens (primary N) is 1. The first kappa shape index (κ1) is 9.87. The first-order valence-corrected chi connectivity index (χ1v) is 5.96. The van der Waals surface area contributed by atoms with E-state index >= 15 is 0 Å². The van der Waals surface area contributed by atoms with Crippen molar-refractivity contribution in [1.29, 1.82) is 0 Å². The highest BCUT2D eigenvalue weighted by Crippen LogP contribution is 2.45. The van der Waals surface area contributed by atoms with Crippen LogP contribution in [0, 0.1) is 0 Å². The normalized spacial score (nSPS) is 19.6. The van der Waals surface area contributed by atoms with E-state index in [9.17, 15) is 5.11 Å². The molecular weight excluding hydrogens is 194 g/mol. The molecule has 0 aromatic heterocycles. The van der Waals surface area contributed by atoms with Crippen LogP contribution in [0.3, 0.4) is 0 Å². The first-order chi connectivity index (χ1) is 6.83. The second-order valence-corrected chi connectivity index (χ2v) is 4.69. The molecular formula is C11H15NOS. The molecule has 0 radical (unpaired) electrons. The number of phenols is 1. The van der Waals surface area contributed by atoms with Gasteiger partial charge in [0.1, 0.15) is 5.75 Å². The standard InChI is InChI=1S/C11H15NOS/c12-6-2-3-8-7-14-10-5-1-4-9(13)11(8)10/h1,4-5,8,13H,2-3,6-7,12H2. The molecule has 0 saturated heterocycles.